The summed E-state index contributed by atoms with van der Waals surface area (Å²) in [6, 6.07) is 43.4. The Morgan fingerprint density at radius 3 is 2.25 bits per heavy atom. The molecule has 3 aliphatic heterocycles. The van der Waals surface area contributed by atoms with Crippen molar-refractivity contribution >= 4 is 29.6 Å². The van der Waals surface area contributed by atoms with E-state index in [9.17, 15) is 9.90 Å². The predicted octanol–water partition coefficient (Wildman–Crippen LogP) is 6.74. The van der Waals surface area contributed by atoms with Crippen LogP contribution in [0.3, 0.4) is 0 Å². The standard InChI is InChI=1S/C57H55N5O9/c1-60(38-40-16-6-3-7-17-40)31-15-18-39-26-27-47-46(36-39)57(55(66)61(47)56(67)70-35-34-68-2)48(53(64)59-30-28-44-24-12-13-29-58-44)50-54(65)71-51(42-21-10-5-11-22-42)49(41-19-8-4-9-20-41)62(50)52(57)43-23-14-25-45(37-43)69-33-32-63/h3-14,16-17,19-27,29,36-37,48-52,63H,28,30-35,38H2,1-2H3,(H,59,64)/t48-,49-,50-,51+,52+,57-/m1/s1. The van der Waals surface area contributed by atoms with Crippen molar-refractivity contribution in [1.29, 1.82) is 0 Å². The zero-order chi connectivity index (χ0) is 49.3. The largest absolute Gasteiger partial charge is 0.491 e. The van der Waals surface area contributed by atoms with Crippen LogP contribution in [0.25, 0.3) is 0 Å². The average molecular weight is 954 g/mol. The first kappa shape index (κ1) is 48.4. The number of hydrogen-bond acceptors (Lipinski definition) is 12. The van der Waals surface area contributed by atoms with E-state index in [-0.39, 0.29) is 38.7 Å². The van der Waals surface area contributed by atoms with Gasteiger partial charge in [-0.1, -0.05) is 121 Å². The summed E-state index contributed by atoms with van der Waals surface area (Å²) in [5, 5.41) is 12.9. The number of ether oxygens (including phenoxy) is 4. The number of amides is 3. The fraction of sp³-hybridized carbons (Fsp3) is 0.281. The summed E-state index contributed by atoms with van der Waals surface area (Å²) in [4.78, 5) is 71.7. The fourth-order valence-electron chi connectivity index (χ4n) is 10.4. The first-order valence-electron chi connectivity index (χ1n) is 23.7. The average Bonchev–Trinajstić information content (AvgIpc) is 3.86. The van der Waals surface area contributed by atoms with E-state index in [2.05, 4.69) is 39.2 Å². The second kappa shape index (κ2) is 22.0. The van der Waals surface area contributed by atoms with E-state index in [1.54, 1.807) is 48.7 Å². The summed E-state index contributed by atoms with van der Waals surface area (Å²) in [6.45, 7) is 0.795. The zero-order valence-electron chi connectivity index (χ0n) is 39.6. The van der Waals surface area contributed by atoms with Gasteiger partial charge in [-0.05, 0) is 77.3 Å². The number of anilines is 1. The Morgan fingerprint density at radius 1 is 0.817 bits per heavy atom. The summed E-state index contributed by atoms with van der Waals surface area (Å²) in [5.41, 5.74) is 2.77. The number of esters is 1. The number of carbonyl (C=O) groups is 4. The van der Waals surface area contributed by atoms with Gasteiger partial charge in [0.15, 0.2) is 0 Å². The minimum Gasteiger partial charge on any atom is -0.491 e. The van der Waals surface area contributed by atoms with Gasteiger partial charge in [-0.15, -0.1) is 0 Å². The Balaban J connectivity index is 1.28. The van der Waals surface area contributed by atoms with Crippen LogP contribution in [0.4, 0.5) is 10.5 Å². The second-order valence-electron chi connectivity index (χ2n) is 17.7. The summed E-state index contributed by atoms with van der Waals surface area (Å²) in [7, 11) is 3.45. The first-order valence-corrected chi connectivity index (χ1v) is 23.7. The van der Waals surface area contributed by atoms with Gasteiger partial charge in [0.25, 0.3) is 0 Å². The smallest absolute Gasteiger partial charge is 0.421 e. The molecule has 5 aromatic carbocycles. The minimum absolute atomic E-state index is 0.0205. The first-order chi connectivity index (χ1) is 34.7. The monoisotopic (exact) mass is 953 g/mol. The quantitative estimate of drug-likeness (QED) is 0.0599. The zero-order valence-corrected chi connectivity index (χ0v) is 39.6. The van der Waals surface area contributed by atoms with Gasteiger partial charge in [0.2, 0.25) is 11.8 Å². The van der Waals surface area contributed by atoms with Crippen LogP contribution in [-0.4, -0.2) is 103 Å². The third kappa shape index (κ3) is 9.78. The van der Waals surface area contributed by atoms with Crippen LogP contribution in [0, 0.1) is 17.8 Å². The molecule has 0 unspecified atom stereocenters. The minimum atomic E-state index is -2.04. The molecule has 0 saturated carbocycles. The number of rotatable bonds is 16. The van der Waals surface area contributed by atoms with Crippen molar-refractivity contribution in [1.82, 2.24) is 20.1 Å². The molecule has 71 heavy (non-hydrogen) atoms. The number of pyridine rings is 1. The van der Waals surface area contributed by atoms with E-state index < -0.39 is 59.4 Å². The Morgan fingerprint density at radius 2 is 1.54 bits per heavy atom. The maximum absolute atomic E-state index is 16.5. The second-order valence-corrected chi connectivity index (χ2v) is 17.7. The molecule has 1 spiro atoms. The molecule has 362 valence electrons. The van der Waals surface area contributed by atoms with Crippen LogP contribution >= 0.6 is 0 Å². The molecular formula is C57H55N5O9. The molecule has 4 heterocycles. The van der Waals surface area contributed by atoms with Crippen LogP contribution < -0.4 is 15.0 Å². The molecule has 0 bridgehead atoms. The lowest BCUT2D eigenvalue weighted by atomic mass is 9.65. The number of imide groups is 1. The van der Waals surface area contributed by atoms with Crippen molar-refractivity contribution in [2.75, 3.05) is 58.6 Å². The number of nitrogens with one attached hydrogen (secondary N) is 1. The summed E-state index contributed by atoms with van der Waals surface area (Å²) < 4.78 is 23.6. The van der Waals surface area contributed by atoms with Crippen molar-refractivity contribution in [3.05, 3.63) is 197 Å². The molecular weight excluding hydrogens is 899 g/mol. The molecule has 6 atom stereocenters. The van der Waals surface area contributed by atoms with Crippen LogP contribution in [0.15, 0.2) is 158 Å². The highest BCUT2D eigenvalue weighted by Gasteiger charge is 2.75. The summed E-state index contributed by atoms with van der Waals surface area (Å²) >= 11 is 0. The topological polar surface area (TPSA) is 160 Å². The number of carbonyl (C=O) groups excluding carboxylic acids is 4. The summed E-state index contributed by atoms with van der Waals surface area (Å²) in [6.07, 6.45) is 0.125. The number of methoxy groups -OCH3 is 1. The van der Waals surface area contributed by atoms with Gasteiger partial charge in [-0.25, -0.2) is 9.69 Å². The number of aliphatic hydroxyl groups is 1. The van der Waals surface area contributed by atoms with Gasteiger partial charge in [-0.3, -0.25) is 29.2 Å². The van der Waals surface area contributed by atoms with Crippen LogP contribution in [0.1, 0.15) is 57.3 Å². The van der Waals surface area contributed by atoms with Crippen LogP contribution in [0.2, 0.25) is 0 Å². The Kier molecular flexibility index (Phi) is 15.0. The molecule has 3 aliphatic rings. The number of nitrogens with zero attached hydrogens (tertiary/aromatic N) is 4. The number of morpholine rings is 1. The number of fused-ring (bicyclic) bond motifs is 3. The molecule has 9 rings (SSSR count). The highest BCUT2D eigenvalue weighted by molar-refractivity contribution is 6.23. The lowest BCUT2D eigenvalue weighted by Crippen LogP contribution is -2.56. The molecule has 2 N–H and O–H groups in total. The van der Waals surface area contributed by atoms with Crippen molar-refractivity contribution in [3.8, 4) is 17.6 Å². The van der Waals surface area contributed by atoms with E-state index in [0.29, 0.717) is 47.5 Å². The number of aromatic nitrogens is 1. The van der Waals surface area contributed by atoms with E-state index >= 15 is 14.4 Å². The number of benzene rings is 5. The van der Waals surface area contributed by atoms with E-state index in [1.807, 2.05) is 109 Å². The lowest BCUT2D eigenvalue weighted by molar-refractivity contribution is -0.178. The van der Waals surface area contributed by atoms with Gasteiger partial charge in [0.1, 0.15) is 36.5 Å². The van der Waals surface area contributed by atoms with Gasteiger partial charge in [0.05, 0.1) is 43.4 Å². The highest BCUT2D eigenvalue weighted by atomic mass is 16.6. The Labute approximate surface area is 413 Å². The third-order valence-electron chi connectivity index (χ3n) is 13.3. The van der Waals surface area contributed by atoms with Gasteiger partial charge in [-0.2, -0.15) is 0 Å². The lowest BCUT2D eigenvalue weighted by Gasteiger charge is -2.46. The number of aliphatic hydroxyl groups excluding tert-OH is 1. The van der Waals surface area contributed by atoms with Crippen molar-refractivity contribution < 1.29 is 43.2 Å². The van der Waals surface area contributed by atoms with Gasteiger partial charge >= 0.3 is 12.1 Å². The molecule has 14 nitrogen and oxygen atoms in total. The van der Waals surface area contributed by atoms with Crippen molar-refractivity contribution in [2.24, 2.45) is 5.92 Å². The van der Waals surface area contributed by atoms with Crippen molar-refractivity contribution in [3.63, 3.8) is 0 Å². The SMILES string of the molecule is COCCOC(=O)N1C(=O)[C@@]2(c3cc(C#CCN(C)Cc4ccccc4)ccc31)[C@H](c1cccc(OCCO)c1)N1[C@H](c3ccccc3)[C@H](c3ccccc3)OC(=O)[C@H]1[C@@H]2C(=O)NCCc1ccccn1. The third-order valence-corrected chi connectivity index (χ3v) is 13.3. The molecule has 0 aliphatic carbocycles. The predicted molar refractivity (Wildman–Crippen MR) is 265 cm³/mol. The molecule has 14 heteroatoms. The number of hydrogen-bond donors (Lipinski definition) is 2. The Hall–Kier alpha value is -7.67. The molecule has 2 fully saturated rings. The van der Waals surface area contributed by atoms with E-state index in [0.717, 1.165) is 21.7 Å². The molecule has 0 radical (unpaired) electrons. The summed E-state index contributed by atoms with van der Waals surface area (Å²) in [5.74, 6) is 3.35. The maximum Gasteiger partial charge on any atom is 0.421 e. The van der Waals surface area contributed by atoms with Gasteiger partial charge < -0.3 is 29.4 Å². The number of cyclic esters (lactones) is 1. The maximum atomic E-state index is 16.5. The molecule has 6 aromatic rings. The highest BCUT2D eigenvalue weighted by Crippen LogP contribution is 2.66. The van der Waals surface area contributed by atoms with Gasteiger partial charge in [0, 0.05) is 44.1 Å². The molecule has 2 saturated heterocycles. The van der Waals surface area contributed by atoms with Crippen molar-refractivity contribution in [2.45, 2.75) is 42.6 Å². The normalized spacial score (nSPS) is 21.2. The fourth-order valence-corrected chi connectivity index (χ4v) is 10.4. The Bertz CT molecular complexity index is 2900. The van der Waals surface area contributed by atoms with E-state index in [1.165, 1.54) is 7.11 Å². The molecule has 1 aromatic heterocycles. The van der Waals surface area contributed by atoms with E-state index in [4.69, 9.17) is 18.9 Å². The van der Waals surface area contributed by atoms with Crippen LogP contribution in [0.5, 0.6) is 5.75 Å². The van der Waals surface area contributed by atoms with Crippen LogP contribution in [-0.2, 0) is 47.0 Å². The molecule has 3 amide bonds.